The molecule has 0 saturated carbocycles. The van der Waals surface area contributed by atoms with Crippen LogP contribution in [0, 0.1) is 11.8 Å². The fourth-order valence-electron chi connectivity index (χ4n) is 3.53. The van der Waals surface area contributed by atoms with Crippen LogP contribution in [-0.4, -0.2) is 75.2 Å². The number of guanidine groups is 1. The summed E-state index contributed by atoms with van der Waals surface area (Å²) in [4.78, 5) is 9.79. The topological polar surface area (TPSA) is 42.9 Å². The molecule has 2 aliphatic heterocycles. The molecule has 0 spiro atoms. The van der Waals surface area contributed by atoms with E-state index < -0.39 is 0 Å². The number of piperidine rings is 1. The predicted molar refractivity (Wildman–Crippen MR) is 99.0 cm³/mol. The Morgan fingerprint density at radius 1 is 1.13 bits per heavy atom. The van der Waals surface area contributed by atoms with Crippen molar-refractivity contribution in [2.45, 2.75) is 39.5 Å². The Balaban J connectivity index is 1.61. The number of nitrogens with zero attached hydrogens (tertiary/aromatic N) is 3. The van der Waals surface area contributed by atoms with Crippen molar-refractivity contribution < 1.29 is 0 Å². The van der Waals surface area contributed by atoms with Crippen molar-refractivity contribution in [3.8, 4) is 0 Å². The van der Waals surface area contributed by atoms with Gasteiger partial charge in [0.25, 0.3) is 0 Å². The molecule has 23 heavy (non-hydrogen) atoms. The molecule has 5 heteroatoms. The van der Waals surface area contributed by atoms with Crippen LogP contribution in [0.5, 0.6) is 0 Å². The molecule has 2 aliphatic rings. The highest BCUT2D eigenvalue weighted by Gasteiger charge is 2.19. The van der Waals surface area contributed by atoms with Gasteiger partial charge >= 0.3 is 0 Å². The molecule has 0 bridgehead atoms. The molecule has 2 heterocycles. The molecule has 2 rings (SSSR count). The molecular formula is C18H37N5. The number of nitrogens with one attached hydrogen (secondary N) is 2. The Bertz CT molecular complexity index is 349. The van der Waals surface area contributed by atoms with E-state index in [9.17, 15) is 0 Å². The molecule has 0 aromatic heterocycles. The van der Waals surface area contributed by atoms with Gasteiger partial charge in [-0.05, 0) is 77.7 Å². The van der Waals surface area contributed by atoms with E-state index in [1.54, 1.807) is 0 Å². The molecule has 1 atom stereocenters. The summed E-state index contributed by atoms with van der Waals surface area (Å²) in [5, 5.41) is 6.88. The smallest absolute Gasteiger partial charge is 0.191 e. The van der Waals surface area contributed by atoms with Gasteiger partial charge in [-0.1, -0.05) is 6.92 Å². The maximum absolute atomic E-state index is 4.78. The van der Waals surface area contributed by atoms with Crippen molar-refractivity contribution in [3.63, 3.8) is 0 Å². The summed E-state index contributed by atoms with van der Waals surface area (Å²) in [7, 11) is 2.20. The fourth-order valence-corrected chi connectivity index (χ4v) is 3.53. The first kappa shape index (κ1) is 18.5. The van der Waals surface area contributed by atoms with Gasteiger partial charge in [0.05, 0.1) is 0 Å². The minimum absolute atomic E-state index is 0.728. The molecule has 0 aromatic carbocycles. The lowest BCUT2D eigenvalue weighted by Crippen LogP contribution is -2.40. The zero-order valence-electron chi connectivity index (χ0n) is 15.5. The second-order valence-corrected chi connectivity index (χ2v) is 7.44. The van der Waals surface area contributed by atoms with Crippen molar-refractivity contribution in [1.82, 2.24) is 20.4 Å². The molecule has 134 valence electrons. The lowest BCUT2D eigenvalue weighted by atomic mass is 9.99. The predicted octanol–water partition coefficient (Wildman–Crippen LogP) is 1.62. The van der Waals surface area contributed by atoms with Crippen LogP contribution in [0.3, 0.4) is 0 Å². The second-order valence-electron chi connectivity index (χ2n) is 7.44. The Morgan fingerprint density at radius 3 is 2.57 bits per heavy atom. The van der Waals surface area contributed by atoms with E-state index in [0.717, 1.165) is 37.4 Å². The second kappa shape index (κ2) is 10.1. The molecule has 0 radical (unpaired) electrons. The van der Waals surface area contributed by atoms with Gasteiger partial charge in [-0.15, -0.1) is 0 Å². The molecule has 2 N–H and O–H groups in total. The summed E-state index contributed by atoms with van der Waals surface area (Å²) in [6.07, 6.45) is 5.22. The van der Waals surface area contributed by atoms with Gasteiger partial charge in [0.1, 0.15) is 0 Å². The summed E-state index contributed by atoms with van der Waals surface area (Å²) in [5.41, 5.74) is 0. The zero-order valence-corrected chi connectivity index (χ0v) is 15.5. The van der Waals surface area contributed by atoms with Crippen LogP contribution in [0.1, 0.15) is 39.5 Å². The SMILES string of the molecule is CCNC(=NCC1CCN(C)C1)NCCCN1CCC(C)CC1. The van der Waals surface area contributed by atoms with Crippen LogP contribution in [0.4, 0.5) is 0 Å². The Labute approximate surface area is 142 Å². The summed E-state index contributed by atoms with van der Waals surface area (Å²) in [6, 6.07) is 0. The molecular weight excluding hydrogens is 286 g/mol. The van der Waals surface area contributed by atoms with E-state index in [1.807, 2.05) is 0 Å². The van der Waals surface area contributed by atoms with E-state index in [2.05, 4.69) is 41.3 Å². The maximum Gasteiger partial charge on any atom is 0.191 e. The van der Waals surface area contributed by atoms with Gasteiger partial charge in [-0.2, -0.15) is 0 Å². The van der Waals surface area contributed by atoms with E-state index in [-0.39, 0.29) is 0 Å². The first-order valence-corrected chi connectivity index (χ1v) is 9.60. The number of rotatable bonds is 7. The van der Waals surface area contributed by atoms with Crippen LogP contribution in [0.15, 0.2) is 4.99 Å². The van der Waals surface area contributed by atoms with Crippen molar-refractivity contribution in [2.24, 2.45) is 16.8 Å². The van der Waals surface area contributed by atoms with Crippen molar-refractivity contribution >= 4 is 5.96 Å². The van der Waals surface area contributed by atoms with E-state index in [1.165, 1.54) is 58.4 Å². The van der Waals surface area contributed by atoms with E-state index in [0.29, 0.717) is 0 Å². The van der Waals surface area contributed by atoms with Crippen molar-refractivity contribution in [1.29, 1.82) is 0 Å². The molecule has 1 unspecified atom stereocenters. The Kier molecular flexibility index (Phi) is 8.17. The highest BCUT2D eigenvalue weighted by molar-refractivity contribution is 5.79. The Morgan fingerprint density at radius 2 is 1.91 bits per heavy atom. The quantitative estimate of drug-likeness (QED) is 0.424. The molecule has 5 nitrogen and oxygen atoms in total. The minimum atomic E-state index is 0.728. The van der Waals surface area contributed by atoms with Gasteiger partial charge in [-0.25, -0.2) is 0 Å². The summed E-state index contributed by atoms with van der Waals surface area (Å²) >= 11 is 0. The van der Waals surface area contributed by atoms with Crippen LogP contribution >= 0.6 is 0 Å². The summed E-state index contributed by atoms with van der Waals surface area (Å²) in [6.45, 7) is 13.6. The van der Waals surface area contributed by atoms with Crippen LogP contribution in [0.25, 0.3) is 0 Å². The average molecular weight is 324 g/mol. The fraction of sp³-hybridized carbons (Fsp3) is 0.944. The third-order valence-corrected chi connectivity index (χ3v) is 5.16. The third-order valence-electron chi connectivity index (χ3n) is 5.16. The highest BCUT2D eigenvalue weighted by Crippen LogP contribution is 2.16. The van der Waals surface area contributed by atoms with E-state index in [4.69, 9.17) is 4.99 Å². The largest absolute Gasteiger partial charge is 0.357 e. The monoisotopic (exact) mass is 323 g/mol. The number of hydrogen-bond donors (Lipinski definition) is 2. The number of aliphatic imine (C=N–C) groups is 1. The van der Waals surface area contributed by atoms with Crippen LogP contribution in [-0.2, 0) is 0 Å². The van der Waals surface area contributed by atoms with Gasteiger partial charge in [0.15, 0.2) is 5.96 Å². The molecule has 2 fully saturated rings. The van der Waals surface area contributed by atoms with Crippen LogP contribution in [0.2, 0.25) is 0 Å². The first-order valence-electron chi connectivity index (χ1n) is 9.60. The minimum Gasteiger partial charge on any atom is -0.357 e. The average Bonchev–Trinajstić information content (AvgIpc) is 2.96. The van der Waals surface area contributed by atoms with Gasteiger partial charge in [0, 0.05) is 26.2 Å². The number of hydrogen-bond acceptors (Lipinski definition) is 3. The third kappa shape index (κ3) is 7.08. The molecule has 0 aliphatic carbocycles. The summed E-state index contributed by atoms with van der Waals surface area (Å²) < 4.78 is 0. The van der Waals surface area contributed by atoms with Gasteiger partial charge < -0.3 is 20.4 Å². The highest BCUT2D eigenvalue weighted by atomic mass is 15.2. The van der Waals surface area contributed by atoms with Crippen molar-refractivity contribution in [2.75, 3.05) is 59.4 Å². The molecule has 0 amide bonds. The van der Waals surface area contributed by atoms with Crippen LogP contribution < -0.4 is 10.6 Å². The van der Waals surface area contributed by atoms with Crippen molar-refractivity contribution in [3.05, 3.63) is 0 Å². The summed E-state index contributed by atoms with van der Waals surface area (Å²) in [5.74, 6) is 2.65. The first-order chi connectivity index (χ1) is 11.2. The lowest BCUT2D eigenvalue weighted by molar-refractivity contribution is 0.191. The zero-order chi connectivity index (χ0) is 16.5. The molecule has 0 aromatic rings. The maximum atomic E-state index is 4.78. The van der Waals surface area contributed by atoms with Gasteiger partial charge in [0.2, 0.25) is 0 Å². The molecule has 2 saturated heterocycles. The normalized spacial score (nSPS) is 25.0. The van der Waals surface area contributed by atoms with Gasteiger partial charge in [-0.3, -0.25) is 4.99 Å². The number of likely N-dealkylation sites (tertiary alicyclic amines) is 2. The van der Waals surface area contributed by atoms with E-state index >= 15 is 0 Å². The Hall–Kier alpha value is -0.810. The lowest BCUT2D eigenvalue weighted by Gasteiger charge is -2.30. The standard InChI is InChI=1S/C18H37N5/c1-4-19-18(21-14-17-8-11-22(3)15-17)20-9-5-10-23-12-6-16(2)7-13-23/h16-17H,4-15H2,1-3H3,(H2,19,20,21).